The van der Waals surface area contributed by atoms with Crippen molar-refractivity contribution in [2.75, 3.05) is 0 Å². The molecule has 1 atom stereocenters. The number of rotatable bonds is 4. The maximum Gasteiger partial charge on any atom is 0.0406 e. The summed E-state index contributed by atoms with van der Waals surface area (Å²) in [5.41, 5.74) is 2.10. The Labute approximate surface area is 116 Å². The third-order valence-corrected chi connectivity index (χ3v) is 5.32. The summed E-state index contributed by atoms with van der Waals surface area (Å²) in [6.07, 6.45) is 1.10. The van der Waals surface area contributed by atoms with E-state index in [4.69, 9.17) is 11.6 Å². The maximum absolute atomic E-state index is 5.95. The van der Waals surface area contributed by atoms with E-state index in [1.165, 1.54) is 5.56 Å². The summed E-state index contributed by atoms with van der Waals surface area (Å²) >= 11 is 5.95. The Morgan fingerprint density at radius 3 is 2.00 bits per heavy atom. The number of nitrogens with one attached hydrogen (secondary N) is 1. The first-order valence-electron chi connectivity index (χ1n) is 6.82. The second-order valence-corrected chi connectivity index (χ2v) is 6.99. The van der Waals surface area contributed by atoms with Crippen LogP contribution in [0.15, 0.2) is 24.3 Å². The van der Waals surface area contributed by atoms with Crippen molar-refractivity contribution in [3.05, 3.63) is 34.9 Å². The van der Waals surface area contributed by atoms with Crippen LogP contribution in [0.1, 0.15) is 52.6 Å². The molecule has 0 radical (unpaired) electrons. The molecule has 2 heteroatoms. The second kappa shape index (κ2) is 4.54. The molecule has 0 saturated heterocycles. The largest absolute Gasteiger partial charge is 0.306 e. The molecule has 0 spiro atoms. The summed E-state index contributed by atoms with van der Waals surface area (Å²) in [5, 5.41) is 4.62. The molecule has 1 N–H and O–H groups in total. The van der Waals surface area contributed by atoms with E-state index in [1.54, 1.807) is 0 Å². The molecule has 1 saturated carbocycles. The first-order valence-corrected chi connectivity index (χ1v) is 7.20. The second-order valence-electron chi connectivity index (χ2n) is 6.56. The van der Waals surface area contributed by atoms with E-state index in [-0.39, 0.29) is 0 Å². The average molecular weight is 266 g/mol. The highest BCUT2D eigenvalue weighted by molar-refractivity contribution is 6.30. The van der Waals surface area contributed by atoms with Crippen LogP contribution in [0.3, 0.4) is 0 Å². The lowest BCUT2D eigenvalue weighted by Crippen LogP contribution is -2.27. The summed E-state index contributed by atoms with van der Waals surface area (Å²) in [4.78, 5) is 0. The summed E-state index contributed by atoms with van der Waals surface area (Å²) in [5.74, 6) is 0. The predicted molar refractivity (Wildman–Crippen MR) is 79.0 cm³/mol. The van der Waals surface area contributed by atoms with E-state index in [0.717, 1.165) is 11.4 Å². The molecule has 0 aromatic heterocycles. The smallest absolute Gasteiger partial charge is 0.0406 e. The summed E-state index contributed by atoms with van der Waals surface area (Å²) < 4.78 is 0. The van der Waals surface area contributed by atoms with Gasteiger partial charge in [0.05, 0.1) is 0 Å². The molecule has 100 valence electrons. The normalized spacial score (nSPS) is 22.8. The Balaban J connectivity index is 2.10. The van der Waals surface area contributed by atoms with Gasteiger partial charge in [0, 0.05) is 17.1 Å². The van der Waals surface area contributed by atoms with Gasteiger partial charge in [-0.15, -0.1) is 0 Å². The van der Waals surface area contributed by atoms with Gasteiger partial charge in [-0.25, -0.2) is 0 Å². The van der Waals surface area contributed by atoms with Crippen molar-refractivity contribution in [1.29, 1.82) is 0 Å². The van der Waals surface area contributed by atoms with Gasteiger partial charge in [0.15, 0.2) is 0 Å². The molecule has 1 aromatic rings. The molecule has 1 aliphatic carbocycles. The van der Waals surface area contributed by atoms with E-state index in [1.807, 2.05) is 12.1 Å². The molecule has 2 rings (SSSR count). The average Bonchev–Trinajstić information content (AvgIpc) is 2.69. The fraction of sp³-hybridized carbons (Fsp3) is 0.625. The topological polar surface area (TPSA) is 12.0 Å². The molecule has 1 unspecified atom stereocenters. The van der Waals surface area contributed by atoms with E-state index < -0.39 is 0 Å². The standard InChI is InChI=1S/C16H24ClN/c1-6-13(11-7-9-12(17)10-8-11)18-14-15(2,3)16(14,4)5/h7-10,13-14,18H,6H2,1-5H3. The lowest BCUT2D eigenvalue weighted by atomic mass is 10.0. The van der Waals surface area contributed by atoms with E-state index in [9.17, 15) is 0 Å². The Kier molecular flexibility index (Phi) is 3.50. The van der Waals surface area contributed by atoms with Crippen LogP contribution in [0.2, 0.25) is 5.02 Å². The minimum atomic E-state index is 0.382. The monoisotopic (exact) mass is 265 g/mol. The predicted octanol–water partition coefficient (Wildman–Crippen LogP) is 4.82. The van der Waals surface area contributed by atoms with Gasteiger partial charge in [-0.05, 0) is 34.9 Å². The molecule has 0 heterocycles. The Morgan fingerprint density at radius 1 is 1.11 bits per heavy atom. The molecule has 1 aliphatic rings. The minimum absolute atomic E-state index is 0.382. The van der Waals surface area contributed by atoms with E-state index >= 15 is 0 Å². The molecule has 0 bridgehead atoms. The van der Waals surface area contributed by atoms with Crippen LogP contribution in [0.5, 0.6) is 0 Å². The van der Waals surface area contributed by atoms with Gasteiger partial charge in [-0.1, -0.05) is 58.4 Å². The Hall–Kier alpha value is -0.530. The molecular formula is C16H24ClN. The Bertz CT molecular complexity index is 405. The van der Waals surface area contributed by atoms with Crippen molar-refractivity contribution >= 4 is 11.6 Å². The van der Waals surface area contributed by atoms with Crippen molar-refractivity contribution in [2.24, 2.45) is 10.8 Å². The van der Waals surface area contributed by atoms with Crippen molar-refractivity contribution in [3.63, 3.8) is 0 Å². The van der Waals surface area contributed by atoms with Crippen LogP contribution in [-0.4, -0.2) is 6.04 Å². The molecule has 18 heavy (non-hydrogen) atoms. The summed E-state index contributed by atoms with van der Waals surface area (Å²) in [7, 11) is 0. The number of halogens is 1. The minimum Gasteiger partial charge on any atom is -0.306 e. The number of benzene rings is 1. The van der Waals surface area contributed by atoms with Gasteiger partial charge < -0.3 is 5.32 Å². The third-order valence-electron chi connectivity index (χ3n) is 5.07. The SMILES string of the molecule is CCC(NC1C(C)(C)C1(C)C)c1ccc(Cl)cc1. The zero-order chi connectivity index (χ0) is 13.6. The van der Waals surface area contributed by atoms with Crippen LogP contribution in [0, 0.1) is 10.8 Å². The molecular weight excluding hydrogens is 242 g/mol. The third kappa shape index (κ3) is 2.19. The van der Waals surface area contributed by atoms with Crippen LogP contribution >= 0.6 is 11.6 Å². The van der Waals surface area contributed by atoms with Crippen molar-refractivity contribution in [1.82, 2.24) is 5.32 Å². The lowest BCUT2D eigenvalue weighted by Gasteiger charge is -2.19. The van der Waals surface area contributed by atoms with Gasteiger partial charge in [0.2, 0.25) is 0 Å². The molecule has 1 fully saturated rings. The van der Waals surface area contributed by atoms with Crippen LogP contribution in [-0.2, 0) is 0 Å². The quantitative estimate of drug-likeness (QED) is 0.823. The highest BCUT2D eigenvalue weighted by Crippen LogP contribution is 2.63. The molecule has 0 aliphatic heterocycles. The zero-order valence-electron chi connectivity index (χ0n) is 12.0. The van der Waals surface area contributed by atoms with Crippen LogP contribution in [0.4, 0.5) is 0 Å². The molecule has 1 aromatic carbocycles. The van der Waals surface area contributed by atoms with Crippen LogP contribution in [0.25, 0.3) is 0 Å². The van der Waals surface area contributed by atoms with Gasteiger partial charge >= 0.3 is 0 Å². The summed E-state index contributed by atoms with van der Waals surface area (Å²) in [6.45, 7) is 11.6. The first-order chi connectivity index (χ1) is 8.30. The Morgan fingerprint density at radius 2 is 1.61 bits per heavy atom. The van der Waals surface area contributed by atoms with Gasteiger partial charge in [0.25, 0.3) is 0 Å². The highest BCUT2D eigenvalue weighted by Gasteiger charge is 2.64. The van der Waals surface area contributed by atoms with Crippen LogP contribution < -0.4 is 5.32 Å². The zero-order valence-corrected chi connectivity index (χ0v) is 12.8. The van der Waals surface area contributed by atoms with Crippen molar-refractivity contribution < 1.29 is 0 Å². The number of hydrogen-bond acceptors (Lipinski definition) is 1. The molecule has 1 nitrogen and oxygen atoms in total. The fourth-order valence-corrected chi connectivity index (χ4v) is 3.09. The van der Waals surface area contributed by atoms with Gasteiger partial charge in [-0.2, -0.15) is 0 Å². The molecule has 0 amide bonds. The van der Waals surface area contributed by atoms with Gasteiger partial charge in [0.1, 0.15) is 0 Å². The van der Waals surface area contributed by atoms with Gasteiger partial charge in [-0.3, -0.25) is 0 Å². The fourth-order valence-electron chi connectivity index (χ4n) is 2.96. The van der Waals surface area contributed by atoms with Crippen molar-refractivity contribution in [2.45, 2.75) is 53.1 Å². The lowest BCUT2D eigenvalue weighted by molar-refractivity contribution is 0.457. The first kappa shape index (κ1) is 13.9. The summed E-state index contributed by atoms with van der Waals surface area (Å²) in [6, 6.07) is 9.23. The van der Waals surface area contributed by atoms with E-state index in [0.29, 0.717) is 22.9 Å². The van der Waals surface area contributed by atoms with Crippen molar-refractivity contribution in [3.8, 4) is 0 Å². The number of hydrogen-bond donors (Lipinski definition) is 1. The highest BCUT2D eigenvalue weighted by atomic mass is 35.5. The van der Waals surface area contributed by atoms with E-state index in [2.05, 4.69) is 52.1 Å². The maximum atomic E-state index is 5.95.